The number of benzene rings is 2. The molecule has 0 aliphatic carbocycles. The highest BCUT2D eigenvalue weighted by Gasteiger charge is 2.07. The first-order valence-electron chi connectivity index (χ1n) is 5.10. The van der Waals surface area contributed by atoms with Gasteiger partial charge in [-0.15, -0.1) is 0 Å². The molecule has 4 heteroatoms. The average molecular weight is 243 g/mol. The minimum Gasteiger partial charge on any atom is -0.298 e. The Morgan fingerprint density at radius 2 is 1.83 bits per heavy atom. The lowest BCUT2D eigenvalue weighted by Gasteiger charge is -2.04. The van der Waals surface area contributed by atoms with Crippen LogP contribution in [0.5, 0.6) is 0 Å². The monoisotopic (exact) mass is 243 g/mol. The third-order valence-corrected chi connectivity index (χ3v) is 2.49. The molecule has 0 saturated heterocycles. The van der Waals surface area contributed by atoms with E-state index < -0.39 is 11.6 Å². The van der Waals surface area contributed by atoms with Gasteiger partial charge in [0.15, 0.2) is 6.29 Å². The lowest BCUT2D eigenvalue weighted by atomic mass is 10.0. The number of aldehydes is 1. The number of halogens is 2. The zero-order valence-corrected chi connectivity index (χ0v) is 9.15. The van der Waals surface area contributed by atoms with Crippen LogP contribution in [0.4, 0.5) is 8.78 Å². The Kier molecular flexibility index (Phi) is 3.16. The van der Waals surface area contributed by atoms with Crippen LogP contribution in [-0.4, -0.2) is 6.29 Å². The zero-order chi connectivity index (χ0) is 13.1. The number of nitrogens with zero attached hydrogens (tertiary/aromatic N) is 1. The third-order valence-electron chi connectivity index (χ3n) is 2.49. The molecule has 0 fully saturated rings. The van der Waals surface area contributed by atoms with Crippen molar-refractivity contribution in [2.75, 3.05) is 0 Å². The van der Waals surface area contributed by atoms with Crippen molar-refractivity contribution in [3.8, 4) is 17.2 Å². The summed E-state index contributed by atoms with van der Waals surface area (Å²) < 4.78 is 26.7. The number of carbonyl (C=O) groups excluding carboxylic acids is 1. The fraction of sp³-hybridized carbons (Fsp3) is 0. The van der Waals surface area contributed by atoms with Gasteiger partial charge < -0.3 is 0 Å². The van der Waals surface area contributed by atoms with Crippen LogP contribution in [0.3, 0.4) is 0 Å². The third kappa shape index (κ3) is 2.25. The SMILES string of the molecule is N#Cc1cc(F)cc(-c2ccc(C=O)c(F)c2)c1. The molecule has 0 unspecified atom stereocenters. The molecule has 2 nitrogen and oxygen atoms in total. The average Bonchev–Trinajstić information content (AvgIpc) is 2.37. The van der Waals surface area contributed by atoms with Crippen molar-refractivity contribution in [3.63, 3.8) is 0 Å². The fourth-order valence-corrected chi connectivity index (χ4v) is 1.62. The largest absolute Gasteiger partial charge is 0.298 e. The van der Waals surface area contributed by atoms with Crippen LogP contribution in [-0.2, 0) is 0 Å². The Labute approximate surface area is 102 Å². The fourth-order valence-electron chi connectivity index (χ4n) is 1.62. The molecule has 2 aromatic rings. The first-order chi connectivity index (χ1) is 8.63. The lowest BCUT2D eigenvalue weighted by Crippen LogP contribution is -1.90. The van der Waals surface area contributed by atoms with Crippen LogP contribution < -0.4 is 0 Å². The molecule has 0 spiro atoms. The molecule has 0 atom stereocenters. The van der Waals surface area contributed by atoms with Crippen molar-refractivity contribution in [2.45, 2.75) is 0 Å². The van der Waals surface area contributed by atoms with Gasteiger partial charge in [-0.25, -0.2) is 8.78 Å². The van der Waals surface area contributed by atoms with Crippen LogP contribution in [0, 0.1) is 23.0 Å². The molecule has 88 valence electrons. The van der Waals surface area contributed by atoms with Crippen molar-refractivity contribution in [2.24, 2.45) is 0 Å². The van der Waals surface area contributed by atoms with E-state index in [-0.39, 0.29) is 11.1 Å². The first-order valence-corrected chi connectivity index (χ1v) is 5.10. The molecule has 18 heavy (non-hydrogen) atoms. The van der Waals surface area contributed by atoms with Crippen LogP contribution in [0.1, 0.15) is 15.9 Å². The Balaban J connectivity index is 2.55. The summed E-state index contributed by atoms with van der Waals surface area (Å²) >= 11 is 0. The van der Waals surface area contributed by atoms with E-state index in [0.717, 1.165) is 12.1 Å². The van der Waals surface area contributed by atoms with Gasteiger partial charge in [-0.1, -0.05) is 6.07 Å². The van der Waals surface area contributed by atoms with Crippen LogP contribution in [0.15, 0.2) is 36.4 Å². The summed E-state index contributed by atoms with van der Waals surface area (Å²) in [6, 6.07) is 9.54. The number of hydrogen-bond donors (Lipinski definition) is 0. The van der Waals surface area contributed by atoms with Crippen LogP contribution >= 0.6 is 0 Å². The summed E-state index contributed by atoms with van der Waals surface area (Å²) in [5, 5.41) is 8.73. The molecule has 0 aliphatic heterocycles. The van der Waals surface area contributed by atoms with Gasteiger partial charge in [0.25, 0.3) is 0 Å². The van der Waals surface area contributed by atoms with Crippen molar-refractivity contribution in [1.29, 1.82) is 5.26 Å². The molecule has 2 rings (SSSR count). The van der Waals surface area contributed by atoms with Gasteiger partial charge in [0.1, 0.15) is 11.6 Å². The van der Waals surface area contributed by atoms with Crippen molar-refractivity contribution in [3.05, 3.63) is 59.2 Å². The first kappa shape index (κ1) is 11.9. The molecule has 0 amide bonds. The molecule has 0 heterocycles. The molecule has 2 aromatic carbocycles. The Morgan fingerprint density at radius 1 is 1.06 bits per heavy atom. The standard InChI is InChI=1S/C14H7F2NO/c15-13-4-9(7-17)3-12(5-13)10-1-2-11(8-18)14(16)6-10/h1-6,8H. The Morgan fingerprint density at radius 3 is 2.44 bits per heavy atom. The van der Waals surface area contributed by atoms with E-state index in [4.69, 9.17) is 5.26 Å². The molecule has 0 aliphatic rings. The number of nitriles is 1. The van der Waals surface area contributed by atoms with Gasteiger partial charge in [0.05, 0.1) is 17.2 Å². The highest BCUT2D eigenvalue weighted by atomic mass is 19.1. The van der Waals surface area contributed by atoms with Gasteiger partial charge in [-0.2, -0.15) is 5.26 Å². The molecular formula is C14H7F2NO. The summed E-state index contributed by atoms with van der Waals surface area (Å²) in [5.74, 6) is -1.24. The molecule has 0 radical (unpaired) electrons. The molecule has 0 bridgehead atoms. The summed E-state index contributed by atoms with van der Waals surface area (Å²) in [6.45, 7) is 0. The molecule has 0 saturated carbocycles. The van der Waals surface area contributed by atoms with E-state index in [2.05, 4.69) is 0 Å². The van der Waals surface area contributed by atoms with Gasteiger partial charge >= 0.3 is 0 Å². The topological polar surface area (TPSA) is 40.9 Å². The summed E-state index contributed by atoms with van der Waals surface area (Å²) in [6.07, 6.45) is 0.408. The van der Waals surface area contributed by atoms with E-state index in [0.29, 0.717) is 17.4 Å². The maximum absolute atomic E-state index is 13.4. The minimum absolute atomic E-state index is 0.0596. The Bertz CT molecular complexity index is 659. The number of rotatable bonds is 2. The van der Waals surface area contributed by atoms with Gasteiger partial charge in [0.2, 0.25) is 0 Å². The predicted octanol–water partition coefficient (Wildman–Crippen LogP) is 3.32. The second-order valence-corrected chi connectivity index (χ2v) is 3.69. The second-order valence-electron chi connectivity index (χ2n) is 3.69. The molecular weight excluding hydrogens is 236 g/mol. The number of carbonyl (C=O) groups is 1. The van der Waals surface area contributed by atoms with Crippen molar-refractivity contribution < 1.29 is 13.6 Å². The van der Waals surface area contributed by atoms with Crippen LogP contribution in [0.2, 0.25) is 0 Å². The quantitative estimate of drug-likeness (QED) is 0.759. The van der Waals surface area contributed by atoms with Gasteiger partial charge in [-0.05, 0) is 41.5 Å². The van der Waals surface area contributed by atoms with Crippen molar-refractivity contribution in [1.82, 2.24) is 0 Å². The van der Waals surface area contributed by atoms with E-state index in [1.165, 1.54) is 24.3 Å². The van der Waals surface area contributed by atoms with Crippen LogP contribution in [0.25, 0.3) is 11.1 Å². The summed E-state index contributed by atoms with van der Waals surface area (Å²) in [5.41, 5.74) is 0.900. The predicted molar refractivity (Wildman–Crippen MR) is 61.9 cm³/mol. The maximum atomic E-state index is 13.4. The lowest BCUT2D eigenvalue weighted by molar-refractivity contribution is 0.112. The van der Waals surface area contributed by atoms with E-state index in [1.807, 2.05) is 6.07 Å². The normalized spacial score (nSPS) is 9.83. The van der Waals surface area contributed by atoms with Gasteiger partial charge in [-0.3, -0.25) is 4.79 Å². The number of hydrogen-bond acceptors (Lipinski definition) is 2. The van der Waals surface area contributed by atoms with E-state index in [9.17, 15) is 13.6 Å². The van der Waals surface area contributed by atoms with Crippen molar-refractivity contribution >= 4 is 6.29 Å². The second kappa shape index (κ2) is 4.76. The highest BCUT2D eigenvalue weighted by Crippen LogP contribution is 2.23. The Hall–Kier alpha value is -2.54. The van der Waals surface area contributed by atoms with Gasteiger partial charge in [0, 0.05) is 0 Å². The summed E-state index contributed by atoms with van der Waals surface area (Å²) in [4.78, 5) is 10.5. The molecule has 0 aromatic heterocycles. The van der Waals surface area contributed by atoms with E-state index in [1.54, 1.807) is 0 Å². The summed E-state index contributed by atoms with van der Waals surface area (Å²) in [7, 11) is 0. The molecule has 0 N–H and O–H groups in total. The zero-order valence-electron chi connectivity index (χ0n) is 9.15. The minimum atomic E-state index is -0.676. The van der Waals surface area contributed by atoms with E-state index >= 15 is 0 Å². The smallest absolute Gasteiger partial charge is 0.152 e. The highest BCUT2D eigenvalue weighted by molar-refractivity contribution is 5.77. The maximum Gasteiger partial charge on any atom is 0.152 e.